The molecule has 1 aromatic heterocycles. The summed E-state index contributed by atoms with van der Waals surface area (Å²) in [6, 6.07) is 4.50. The minimum Gasteiger partial charge on any atom is -0.494 e. The number of fused-ring (bicyclic) bond motifs is 1. The van der Waals surface area contributed by atoms with Gasteiger partial charge in [-0.3, -0.25) is 10.1 Å². The molecule has 148 valence electrons. The first kappa shape index (κ1) is 20.0. The molecular formula is C18H19N3O5S2. The van der Waals surface area contributed by atoms with Crippen LogP contribution in [0.2, 0.25) is 0 Å². The van der Waals surface area contributed by atoms with E-state index in [0.717, 1.165) is 29.7 Å². The molecule has 2 aromatic rings. The highest BCUT2D eigenvalue weighted by atomic mass is 32.1. The average Bonchev–Trinajstić information content (AvgIpc) is 3.23. The van der Waals surface area contributed by atoms with Crippen molar-refractivity contribution in [3.63, 3.8) is 0 Å². The number of carbonyl (C=O) groups is 1. The summed E-state index contributed by atoms with van der Waals surface area (Å²) in [5, 5.41) is 17.9. The largest absolute Gasteiger partial charge is 0.494 e. The molecule has 1 aliphatic carbocycles. The van der Waals surface area contributed by atoms with E-state index in [1.165, 1.54) is 30.6 Å². The van der Waals surface area contributed by atoms with Crippen LogP contribution in [0.1, 0.15) is 34.1 Å². The first-order chi connectivity index (χ1) is 13.4. The Hall–Kier alpha value is -2.72. The number of nitrogens with one attached hydrogen (secondary N) is 2. The number of rotatable bonds is 6. The van der Waals surface area contributed by atoms with Gasteiger partial charge in [0.2, 0.25) is 0 Å². The van der Waals surface area contributed by atoms with Crippen LogP contribution in [0.15, 0.2) is 18.2 Å². The first-order valence-corrected chi connectivity index (χ1v) is 9.89. The molecule has 1 aromatic carbocycles. The summed E-state index contributed by atoms with van der Waals surface area (Å²) in [7, 11) is 1.34. The molecule has 28 heavy (non-hydrogen) atoms. The number of thiophene rings is 1. The van der Waals surface area contributed by atoms with Crippen LogP contribution in [-0.4, -0.2) is 29.7 Å². The van der Waals surface area contributed by atoms with E-state index in [1.807, 2.05) is 0 Å². The topological polar surface area (TPSA) is 103 Å². The highest BCUT2D eigenvalue weighted by Gasteiger charge is 2.28. The Morgan fingerprint density at radius 3 is 2.82 bits per heavy atom. The van der Waals surface area contributed by atoms with Crippen molar-refractivity contribution < 1.29 is 19.2 Å². The summed E-state index contributed by atoms with van der Waals surface area (Å²) < 4.78 is 10.2. The molecule has 0 unspecified atom stereocenters. The number of thiocarbonyl (C=S) groups is 1. The smallest absolute Gasteiger partial charge is 0.341 e. The second-order valence-corrected chi connectivity index (χ2v) is 7.51. The molecule has 0 saturated carbocycles. The number of benzene rings is 1. The van der Waals surface area contributed by atoms with Crippen molar-refractivity contribution in [2.75, 3.05) is 24.4 Å². The predicted molar refractivity (Wildman–Crippen MR) is 112 cm³/mol. The summed E-state index contributed by atoms with van der Waals surface area (Å²) in [4.78, 5) is 24.2. The molecule has 0 aliphatic heterocycles. The molecule has 2 N–H and O–H groups in total. The van der Waals surface area contributed by atoms with Crippen LogP contribution >= 0.6 is 23.6 Å². The molecule has 0 radical (unpaired) electrons. The van der Waals surface area contributed by atoms with E-state index >= 15 is 0 Å². The van der Waals surface area contributed by atoms with Gasteiger partial charge in [-0.05, 0) is 56.1 Å². The van der Waals surface area contributed by atoms with Gasteiger partial charge in [0.1, 0.15) is 16.4 Å². The van der Waals surface area contributed by atoms with E-state index in [9.17, 15) is 14.9 Å². The Morgan fingerprint density at radius 2 is 2.14 bits per heavy atom. The summed E-state index contributed by atoms with van der Waals surface area (Å²) >= 11 is 6.77. The van der Waals surface area contributed by atoms with Gasteiger partial charge in [0.25, 0.3) is 5.69 Å². The van der Waals surface area contributed by atoms with E-state index in [0.29, 0.717) is 22.9 Å². The zero-order valence-electron chi connectivity index (χ0n) is 15.4. The molecule has 8 nitrogen and oxygen atoms in total. The van der Waals surface area contributed by atoms with E-state index in [4.69, 9.17) is 21.7 Å². The number of esters is 1. The fourth-order valence-corrected chi connectivity index (χ4v) is 4.65. The number of aryl methyl sites for hydroxylation is 1. The lowest BCUT2D eigenvalue weighted by Gasteiger charge is -2.12. The number of nitrogens with zero attached hydrogens (tertiary/aromatic N) is 1. The quantitative estimate of drug-likeness (QED) is 0.310. The first-order valence-electron chi connectivity index (χ1n) is 8.66. The number of nitro groups is 1. The molecule has 3 rings (SSSR count). The van der Waals surface area contributed by atoms with Gasteiger partial charge in [0.15, 0.2) is 5.11 Å². The van der Waals surface area contributed by atoms with E-state index < -0.39 is 10.9 Å². The van der Waals surface area contributed by atoms with Crippen molar-refractivity contribution in [2.45, 2.75) is 26.2 Å². The van der Waals surface area contributed by atoms with Crippen LogP contribution in [0.25, 0.3) is 0 Å². The molecule has 0 amide bonds. The molecule has 0 spiro atoms. The third-order valence-corrected chi connectivity index (χ3v) is 5.67. The monoisotopic (exact) mass is 421 g/mol. The second-order valence-electron chi connectivity index (χ2n) is 6.00. The molecule has 1 heterocycles. The zero-order valence-corrected chi connectivity index (χ0v) is 17.0. The molecule has 1 aliphatic rings. The number of carbonyl (C=O) groups excluding carboxylic acids is 1. The van der Waals surface area contributed by atoms with Gasteiger partial charge in [-0.1, -0.05) is 0 Å². The molecule has 0 atom stereocenters. The molecular weight excluding hydrogens is 402 g/mol. The fraction of sp³-hybridized carbons (Fsp3) is 0.333. The van der Waals surface area contributed by atoms with E-state index in [2.05, 4.69) is 10.6 Å². The van der Waals surface area contributed by atoms with Gasteiger partial charge in [-0.2, -0.15) is 0 Å². The van der Waals surface area contributed by atoms with Gasteiger partial charge in [0.05, 0.1) is 30.3 Å². The Kier molecular flexibility index (Phi) is 6.10. The van der Waals surface area contributed by atoms with Crippen molar-refractivity contribution in [2.24, 2.45) is 0 Å². The third kappa shape index (κ3) is 4.07. The molecule has 0 saturated heterocycles. The van der Waals surface area contributed by atoms with Gasteiger partial charge in [-0.25, -0.2) is 4.79 Å². The van der Waals surface area contributed by atoms with Gasteiger partial charge in [-0.15, -0.1) is 11.3 Å². The maximum absolute atomic E-state index is 12.2. The number of hydrogen-bond acceptors (Lipinski definition) is 7. The Labute approximate surface area is 171 Å². The maximum atomic E-state index is 12.2. The predicted octanol–water partition coefficient (Wildman–Crippen LogP) is 4.14. The minimum absolute atomic E-state index is 0.150. The van der Waals surface area contributed by atoms with Gasteiger partial charge < -0.3 is 20.1 Å². The number of hydrogen-bond donors (Lipinski definition) is 2. The lowest BCUT2D eigenvalue weighted by molar-refractivity contribution is -0.384. The van der Waals surface area contributed by atoms with Crippen molar-refractivity contribution in [1.29, 1.82) is 0 Å². The van der Waals surface area contributed by atoms with E-state index in [-0.39, 0.29) is 16.5 Å². The Balaban J connectivity index is 1.82. The minimum atomic E-state index is -0.507. The summed E-state index contributed by atoms with van der Waals surface area (Å²) in [6.45, 7) is 2.21. The Bertz CT molecular complexity index is 942. The van der Waals surface area contributed by atoms with Crippen LogP contribution < -0.4 is 15.4 Å². The molecule has 0 bridgehead atoms. The van der Waals surface area contributed by atoms with Crippen molar-refractivity contribution in [1.82, 2.24) is 0 Å². The van der Waals surface area contributed by atoms with Gasteiger partial charge >= 0.3 is 5.97 Å². The van der Waals surface area contributed by atoms with E-state index in [1.54, 1.807) is 13.0 Å². The molecule has 10 heteroatoms. The van der Waals surface area contributed by atoms with Crippen LogP contribution in [0.4, 0.5) is 16.4 Å². The van der Waals surface area contributed by atoms with Crippen LogP contribution in [0, 0.1) is 10.1 Å². The fourth-order valence-electron chi connectivity index (χ4n) is 3.09. The summed E-state index contributed by atoms with van der Waals surface area (Å²) in [5.41, 5.74) is 1.56. The number of nitro benzene ring substituents is 1. The number of ether oxygens (including phenoxy) is 2. The standard InChI is InChI=1S/C18H19N3O5S2/c1-3-26-10-7-8-12(13(9-10)21(23)24)19-18(27)20-16-15(17(22)25-2)11-5-4-6-14(11)28-16/h7-9H,3-6H2,1-2H3,(H2,19,20,27). The molecule has 0 fully saturated rings. The lowest BCUT2D eigenvalue weighted by Crippen LogP contribution is -2.21. The summed E-state index contributed by atoms with van der Waals surface area (Å²) in [5.74, 6) is -0.0157. The number of methoxy groups -OCH3 is 1. The van der Waals surface area contributed by atoms with Crippen molar-refractivity contribution in [3.05, 3.63) is 44.3 Å². The zero-order chi connectivity index (χ0) is 20.3. The normalized spacial score (nSPS) is 12.2. The van der Waals surface area contributed by atoms with Crippen LogP contribution in [-0.2, 0) is 17.6 Å². The number of anilines is 2. The maximum Gasteiger partial charge on any atom is 0.341 e. The lowest BCUT2D eigenvalue weighted by atomic mass is 10.1. The van der Waals surface area contributed by atoms with Gasteiger partial charge in [0, 0.05) is 4.88 Å². The van der Waals surface area contributed by atoms with Crippen LogP contribution in [0.5, 0.6) is 5.75 Å². The highest BCUT2D eigenvalue weighted by Crippen LogP contribution is 2.39. The SMILES string of the molecule is CCOc1ccc(NC(=S)Nc2sc3c(c2C(=O)OC)CCC3)c([N+](=O)[O-])c1. The average molecular weight is 422 g/mol. The second kappa shape index (κ2) is 8.53. The highest BCUT2D eigenvalue weighted by molar-refractivity contribution is 7.80. The summed E-state index contributed by atoms with van der Waals surface area (Å²) in [6.07, 6.45) is 2.74. The van der Waals surface area contributed by atoms with Crippen molar-refractivity contribution >= 4 is 51.0 Å². The third-order valence-electron chi connectivity index (χ3n) is 4.26. The van der Waals surface area contributed by atoms with Crippen LogP contribution in [0.3, 0.4) is 0 Å². The van der Waals surface area contributed by atoms with Crippen molar-refractivity contribution in [3.8, 4) is 5.75 Å². The Morgan fingerprint density at radius 1 is 1.36 bits per heavy atom.